The molecule has 4 aromatic carbocycles. The molecule has 9 heteroatoms. The Bertz CT molecular complexity index is 1680. The molecule has 1 atom stereocenters. The van der Waals surface area contributed by atoms with Crippen molar-refractivity contribution in [2.24, 2.45) is 0 Å². The number of halogens is 1. The van der Waals surface area contributed by atoms with Gasteiger partial charge in [0.1, 0.15) is 18.4 Å². The molecular formula is C35H38FN3O4S. The zero-order valence-corrected chi connectivity index (χ0v) is 26.1. The summed E-state index contributed by atoms with van der Waals surface area (Å²) in [6.45, 7) is 5.27. The van der Waals surface area contributed by atoms with Crippen LogP contribution in [-0.4, -0.2) is 44.3 Å². The molecule has 0 bridgehead atoms. The number of anilines is 1. The van der Waals surface area contributed by atoms with Gasteiger partial charge in [0.05, 0.1) is 10.6 Å². The molecule has 4 aromatic rings. The zero-order valence-electron chi connectivity index (χ0n) is 25.2. The van der Waals surface area contributed by atoms with E-state index in [2.05, 4.69) is 5.32 Å². The summed E-state index contributed by atoms with van der Waals surface area (Å²) < 4.78 is 44.2. The molecule has 0 spiro atoms. The molecule has 230 valence electrons. The van der Waals surface area contributed by atoms with Gasteiger partial charge in [0, 0.05) is 25.1 Å². The lowest BCUT2D eigenvalue weighted by Gasteiger charge is -2.34. The van der Waals surface area contributed by atoms with Gasteiger partial charge in [-0.25, -0.2) is 12.8 Å². The van der Waals surface area contributed by atoms with Crippen LogP contribution in [0.15, 0.2) is 108 Å². The maximum Gasteiger partial charge on any atom is 0.264 e. The predicted octanol–water partition coefficient (Wildman–Crippen LogP) is 5.80. The van der Waals surface area contributed by atoms with Crippen molar-refractivity contribution in [2.45, 2.75) is 51.1 Å². The zero-order chi connectivity index (χ0) is 31.7. The Kier molecular flexibility index (Phi) is 10.9. The van der Waals surface area contributed by atoms with E-state index in [1.165, 1.54) is 23.1 Å². The molecule has 0 heterocycles. The minimum absolute atomic E-state index is 0.0215. The predicted molar refractivity (Wildman–Crippen MR) is 171 cm³/mol. The maximum atomic E-state index is 15.0. The lowest BCUT2D eigenvalue weighted by molar-refractivity contribution is -0.140. The first-order valence-electron chi connectivity index (χ1n) is 14.6. The van der Waals surface area contributed by atoms with Crippen molar-refractivity contribution in [1.82, 2.24) is 10.2 Å². The molecule has 44 heavy (non-hydrogen) atoms. The van der Waals surface area contributed by atoms with Crippen LogP contribution < -0.4 is 9.62 Å². The molecule has 0 unspecified atom stereocenters. The number of sulfonamides is 1. The van der Waals surface area contributed by atoms with E-state index in [1.54, 1.807) is 54.6 Å². The Balaban J connectivity index is 1.81. The molecular weight excluding hydrogens is 577 g/mol. The van der Waals surface area contributed by atoms with Gasteiger partial charge in [-0.15, -0.1) is 0 Å². The maximum absolute atomic E-state index is 15.0. The number of carbonyl (C=O) groups is 2. The molecule has 7 nitrogen and oxygen atoms in total. The van der Waals surface area contributed by atoms with E-state index in [4.69, 9.17) is 0 Å². The monoisotopic (exact) mass is 615 g/mol. The van der Waals surface area contributed by atoms with Gasteiger partial charge >= 0.3 is 0 Å². The van der Waals surface area contributed by atoms with Crippen LogP contribution in [0, 0.1) is 19.7 Å². The fourth-order valence-electron chi connectivity index (χ4n) is 4.86. The van der Waals surface area contributed by atoms with Crippen LogP contribution in [0.25, 0.3) is 0 Å². The number of rotatable bonds is 13. The normalized spacial score (nSPS) is 11.9. The number of carbonyl (C=O) groups excluding carboxylic acids is 2. The second kappa shape index (κ2) is 14.8. The largest absolute Gasteiger partial charge is 0.354 e. The summed E-state index contributed by atoms with van der Waals surface area (Å²) in [4.78, 5) is 29.4. The van der Waals surface area contributed by atoms with Crippen molar-refractivity contribution in [3.63, 3.8) is 0 Å². The minimum atomic E-state index is -4.20. The summed E-state index contributed by atoms with van der Waals surface area (Å²) in [5.41, 5.74) is 3.15. The van der Waals surface area contributed by atoms with Crippen molar-refractivity contribution in [1.29, 1.82) is 0 Å². The first-order valence-corrected chi connectivity index (χ1v) is 16.1. The van der Waals surface area contributed by atoms with Crippen molar-refractivity contribution in [3.8, 4) is 0 Å². The van der Waals surface area contributed by atoms with E-state index in [1.807, 2.05) is 51.1 Å². The van der Waals surface area contributed by atoms with Crippen molar-refractivity contribution in [3.05, 3.63) is 131 Å². The van der Waals surface area contributed by atoms with Crippen LogP contribution in [0.2, 0.25) is 0 Å². The number of amides is 2. The van der Waals surface area contributed by atoms with E-state index in [0.29, 0.717) is 18.7 Å². The molecule has 0 radical (unpaired) electrons. The molecule has 0 aliphatic rings. The SMILES string of the molecule is CCCNC(=O)[C@@H](Cc1ccccc1)N(Cc1ccccc1F)C(=O)CN(c1ccc(C)c(C)c1)S(=O)(=O)c1ccccc1. The lowest BCUT2D eigenvalue weighted by Crippen LogP contribution is -2.53. The van der Waals surface area contributed by atoms with Crippen molar-refractivity contribution in [2.75, 3.05) is 17.4 Å². The van der Waals surface area contributed by atoms with Crippen LogP contribution in [0.5, 0.6) is 0 Å². The number of nitrogens with zero attached hydrogens (tertiary/aromatic N) is 2. The molecule has 0 aromatic heterocycles. The molecule has 0 saturated heterocycles. The average molecular weight is 616 g/mol. The van der Waals surface area contributed by atoms with Crippen LogP contribution >= 0.6 is 0 Å². The third-order valence-corrected chi connectivity index (χ3v) is 9.30. The number of nitrogens with one attached hydrogen (secondary N) is 1. The van der Waals surface area contributed by atoms with E-state index in [0.717, 1.165) is 21.0 Å². The molecule has 0 aliphatic heterocycles. The lowest BCUT2D eigenvalue weighted by atomic mass is 10.0. The summed E-state index contributed by atoms with van der Waals surface area (Å²) >= 11 is 0. The third-order valence-electron chi connectivity index (χ3n) is 7.51. The van der Waals surface area contributed by atoms with E-state index >= 15 is 0 Å². The number of hydrogen-bond acceptors (Lipinski definition) is 4. The average Bonchev–Trinajstić information content (AvgIpc) is 3.03. The summed E-state index contributed by atoms with van der Waals surface area (Å²) in [7, 11) is -4.20. The summed E-state index contributed by atoms with van der Waals surface area (Å²) in [6, 6.07) is 27.3. The smallest absolute Gasteiger partial charge is 0.264 e. The Morgan fingerprint density at radius 3 is 2.11 bits per heavy atom. The van der Waals surface area contributed by atoms with Gasteiger partial charge in [-0.2, -0.15) is 0 Å². The van der Waals surface area contributed by atoms with Gasteiger partial charge in [0.15, 0.2) is 0 Å². The van der Waals surface area contributed by atoms with Crippen LogP contribution in [0.3, 0.4) is 0 Å². The molecule has 2 amide bonds. The Hall–Kier alpha value is -4.50. The van der Waals surface area contributed by atoms with Gasteiger partial charge < -0.3 is 10.2 Å². The van der Waals surface area contributed by atoms with E-state index in [9.17, 15) is 22.4 Å². The molecule has 0 aliphatic carbocycles. The van der Waals surface area contributed by atoms with Crippen molar-refractivity contribution < 1.29 is 22.4 Å². The minimum Gasteiger partial charge on any atom is -0.354 e. The van der Waals surface area contributed by atoms with Gasteiger partial charge in [-0.3, -0.25) is 13.9 Å². The highest BCUT2D eigenvalue weighted by Crippen LogP contribution is 2.27. The Labute approximate surface area is 259 Å². The fourth-order valence-corrected chi connectivity index (χ4v) is 6.29. The van der Waals surface area contributed by atoms with Gasteiger partial charge in [0.2, 0.25) is 11.8 Å². The van der Waals surface area contributed by atoms with E-state index in [-0.39, 0.29) is 23.4 Å². The molecule has 4 rings (SSSR count). The molecule has 0 saturated carbocycles. The Morgan fingerprint density at radius 1 is 0.841 bits per heavy atom. The van der Waals surface area contributed by atoms with Crippen LogP contribution in [0.4, 0.5) is 10.1 Å². The standard InChI is InChI=1S/C35H38FN3O4S/c1-4-21-37-35(41)33(23-28-13-7-5-8-14-28)38(24-29-15-11-12-18-32(29)36)34(40)25-39(30-20-19-26(2)27(3)22-30)44(42,43)31-16-9-6-10-17-31/h5-20,22,33H,4,21,23-25H2,1-3H3,(H,37,41)/t33-/m1/s1. The fraction of sp³-hybridized carbons (Fsp3) is 0.257. The van der Waals surface area contributed by atoms with E-state index < -0.39 is 40.2 Å². The summed E-state index contributed by atoms with van der Waals surface area (Å²) in [6.07, 6.45) is 0.840. The van der Waals surface area contributed by atoms with Gasteiger partial charge in [0.25, 0.3) is 10.0 Å². The second-order valence-electron chi connectivity index (χ2n) is 10.7. The quantitative estimate of drug-likeness (QED) is 0.206. The summed E-state index contributed by atoms with van der Waals surface area (Å²) in [5.74, 6) is -1.57. The van der Waals surface area contributed by atoms with Gasteiger partial charge in [-0.1, -0.05) is 79.7 Å². The highest BCUT2D eigenvalue weighted by atomic mass is 32.2. The van der Waals surface area contributed by atoms with Crippen LogP contribution in [-0.2, 0) is 32.6 Å². The molecule has 0 fully saturated rings. The topological polar surface area (TPSA) is 86.8 Å². The highest BCUT2D eigenvalue weighted by molar-refractivity contribution is 7.92. The third kappa shape index (κ3) is 7.90. The number of benzene rings is 4. The summed E-state index contributed by atoms with van der Waals surface area (Å²) in [5, 5.41) is 2.88. The van der Waals surface area contributed by atoms with Crippen molar-refractivity contribution >= 4 is 27.5 Å². The van der Waals surface area contributed by atoms with Gasteiger partial charge in [-0.05, 0) is 67.3 Å². The Morgan fingerprint density at radius 2 is 1.48 bits per heavy atom. The number of hydrogen-bond donors (Lipinski definition) is 1. The first-order chi connectivity index (χ1) is 21.1. The first kappa shape index (κ1) is 32.4. The van der Waals surface area contributed by atoms with Crippen LogP contribution in [0.1, 0.15) is 35.6 Å². The second-order valence-corrected chi connectivity index (χ2v) is 12.6. The highest BCUT2D eigenvalue weighted by Gasteiger charge is 2.35. The molecule has 1 N–H and O–H groups in total. The number of aryl methyl sites for hydroxylation is 2.